The average Bonchev–Trinajstić information content (AvgIpc) is 2.87. The van der Waals surface area contributed by atoms with Gasteiger partial charge in [-0.3, -0.25) is 0 Å². The van der Waals surface area contributed by atoms with Crippen molar-refractivity contribution >= 4 is 21.4 Å². The molecule has 2 N–H and O–H groups in total. The van der Waals surface area contributed by atoms with E-state index in [0.717, 1.165) is 5.92 Å². The summed E-state index contributed by atoms with van der Waals surface area (Å²) in [4.78, 5) is 0. The Morgan fingerprint density at radius 2 is 2.12 bits per heavy atom. The predicted octanol–water partition coefficient (Wildman–Crippen LogP) is 3.57. The van der Waals surface area contributed by atoms with Crippen LogP contribution in [-0.4, -0.2) is 6.04 Å². The van der Waals surface area contributed by atoms with E-state index >= 15 is 0 Å². The molecule has 0 radical (unpaired) electrons. The molecule has 1 heterocycles. The van der Waals surface area contributed by atoms with E-state index in [1.165, 1.54) is 41.3 Å². The molecule has 1 aromatic heterocycles. The van der Waals surface area contributed by atoms with Gasteiger partial charge in [-0.2, -0.15) is 0 Å². The number of nitrogens with two attached hydrogens (primary N) is 1. The molecule has 0 aliphatic heterocycles. The van der Waals surface area contributed by atoms with Crippen molar-refractivity contribution in [2.24, 2.45) is 11.7 Å². The highest BCUT2D eigenvalue weighted by atomic mass is 32.1. The fraction of sp³-hybridized carbons (Fsp3) is 0.429. The van der Waals surface area contributed by atoms with Crippen LogP contribution in [0, 0.1) is 5.92 Å². The lowest BCUT2D eigenvalue weighted by Gasteiger charge is -2.08. The Morgan fingerprint density at radius 3 is 2.94 bits per heavy atom. The Balaban J connectivity index is 1.84. The summed E-state index contributed by atoms with van der Waals surface area (Å²) in [5.41, 5.74) is 7.50. The second-order valence-corrected chi connectivity index (χ2v) is 5.81. The number of thiophene rings is 1. The summed E-state index contributed by atoms with van der Waals surface area (Å²) in [6.07, 6.45) is 4.96. The SMILES string of the molecule is NC1CCC(Cc2csc3ccccc23)C1. The van der Waals surface area contributed by atoms with Gasteiger partial charge in [-0.1, -0.05) is 18.2 Å². The molecule has 1 saturated carbocycles. The largest absolute Gasteiger partial charge is 0.328 e. The molecule has 1 nitrogen and oxygen atoms in total. The van der Waals surface area contributed by atoms with Gasteiger partial charge in [-0.05, 0) is 54.0 Å². The molecule has 0 amide bonds. The summed E-state index contributed by atoms with van der Waals surface area (Å²) in [5.74, 6) is 0.813. The number of hydrogen-bond donors (Lipinski definition) is 1. The zero-order valence-electron chi connectivity index (χ0n) is 9.36. The Morgan fingerprint density at radius 1 is 1.25 bits per heavy atom. The molecule has 1 aliphatic rings. The quantitative estimate of drug-likeness (QED) is 0.840. The van der Waals surface area contributed by atoms with Crippen LogP contribution in [-0.2, 0) is 6.42 Å². The van der Waals surface area contributed by atoms with Gasteiger partial charge in [0.05, 0.1) is 0 Å². The zero-order valence-corrected chi connectivity index (χ0v) is 10.2. The maximum atomic E-state index is 5.97. The normalized spacial score (nSPS) is 25.3. The van der Waals surface area contributed by atoms with Crippen LogP contribution < -0.4 is 5.73 Å². The topological polar surface area (TPSA) is 26.0 Å². The maximum absolute atomic E-state index is 5.97. The smallest absolute Gasteiger partial charge is 0.0345 e. The first kappa shape index (κ1) is 10.3. The van der Waals surface area contributed by atoms with Gasteiger partial charge < -0.3 is 5.73 Å². The average molecular weight is 231 g/mol. The van der Waals surface area contributed by atoms with Crippen LogP contribution in [0.2, 0.25) is 0 Å². The molecule has 1 aliphatic carbocycles. The molecule has 1 fully saturated rings. The number of hydrogen-bond acceptors (Lipinski definition) is 2. The lowest BCUT2D eigenvalue weighted by molar-refractivity contribution is 0.537. The second-order valence-electron chi connectivity index (χ2n) is 4.90. The van der Waals surface area contributed by atoms with Crippen molar-refractivity contribution in [2.45, 2.75) is 31.7 Å². The van der Waals surface area contributed by atoms with Crippen molar-refractivity contribution in [1.29, 1.82) is 0 Å². The van der Waals surface area contributed by atoms with Crippen molar-refractivity contribution in [2.75, 3.05) is 0 Å². The monoisotopic (exact) mass is 231 g/mol. The van der Waals surface area contributed by atoms with Gasteiger partial charge in [-0.15, -0.1) is 11.3 Å². The molecule has 16 heavy (non-hydrogen) atoms. The molecule has 2 unspecified atom stereocenters. The first-order valence-corrected chi connectivity index (χ1v) is 6.91. The first-order chi connectivity index (χ1) is 7.83. The van der Waals surface area contributed by atoms with Crippen molar-refractivity contribution in [3.8, 4) is 0 Å². The molecular formula is C14H17NS. The van der Waals surface area contributed by atoms with Gasteiger partial charge in [0.15, 0.2) is 0 Å². The molecule has 84 valence electrons. The molecule has 3 rings (SSSR count). The molecule has 2 heteroatoms. The van der Waals surface area contributed by atoms with E-state index in [1.807, 2.05) is 11.3 Å². The molecule has 2 atom stereocenters. The molecule has 0 saturated heterocycles. The Labute approximate surface area is 100 Å². The first-order valence-electron chi connectivity index (χ1n) is 6.03. The van der Waals surface area contributed by atoms with Crippen molar-refractivity contribution in [3.05, 3.63) is 35.2 Å². The standard InChI is InChI=1S/C14H17NS/c15-12-6-5-10(8-12)7-11-9-16-14-4-2-1-3-13(11)14/h1-4,9-10,12H,5-8,15H2. The van der Waals surface area contributed by atoms with E-state index in [0.29, 0.717) is 6.04 Å². The van der Waals surface area contributed by atoms with Gasteiger partial charge in [0, 0.05) is 10.7 Å². The van der Waals surface area contributed by atoms with Crippen LogP contribution in [0.5, 0.6) is 0 Å². The third-order valence-electron chi connectivity index (χ3n) is 3.65. The van der Waals surface area contributed by atoms with Crippen LogP contribution in [0.15, 0.2) is 29.6 Å². The highest BCUT2D eigenvalue weighted by Gasteiger charge is 2.22. The highest BCUT2D eigenvalue weighted by Crippen LogP contribution is 2.32. The van der Waals surface area contributed by atoms with Gasteiger partial charge in [-0.25, -0.2) is 0 Å². The van der Waals surface area contributed by atoms with E-state index < -0.39 is 0 Å². The minimum Gasteiger partial charge on any atom is -0.328 e. The number of rotatable bonds is 2. The van der Waals surface area contributed by atoms with Gasteiger partial charge >= 0.3 is 0 Å². The summed E-state index contributed by atoms with van der Waals surface area (Å²) >= 11 is 1.87. The van der Waals surface area contributed by atoms with E-state index in [-0.39, 0.29) is 0 Å². The molecule has 0 spiro atoms. The fourth-order valence-electron chi connectivity index (χ4n) is 2.80. The third kappa shape index (κ3) is 1.87. The summed E-state index contributed by atoms with van der Waals surface area (Å²) in [6.45, 7) is 0. The molecule has 1 aromatic carbocycles. The Kier molecular flexibility index (Phi) is 2.70. The Bertz CT molecular complexity index is 488. The summed E-state index contributed by atoms with van der Waals surface area (Å²) in [6, 6.07) is 9.17. The Hall–Kier alpha value is -0.860. The van der Waals surface area contributed by atoms with Crippen LogP contribution in [0.1, 0.15) is 24.8 Å². The van der Waals surface area contributed by atoms with E-state index in [2.05, 4.69) is 29.6 Å². The second kappa shape index (κ2) is 4.19. The van der Waals surface area contributed by atoms with E-state index in [1.54, 1.807) is 0 Å². The zero-order chi connectivity index (χ0) is 11.0. The predicted molar refractivity (Wildman–Crippen MR) is 70.8 cm³/mol. The van der Waals surface area contributed by atoms with E-state index in [4.69, 9.17) is 5.73 Å². The summed E-state index contributed by atoms with van der Waals surface area (Å²) in [7, 11) is 0. The van der Waals surface area contributed by atoms with Gasteiger partial charge in [0.1, 0.15) is 0 Å². The molecular weight excluding hydrogens is 214 g/mol. The third-order valence-corrected chi connectivity index (χ3v) is 4.66. The van der Waals surface area contributed by atoms with Crippen molar-refractivity contribution in [3.63, 3.8) is 0 Å². The van der Waals surface area contributed by atoms with Crippen molar-refractivity contribution < 1.29 is 0 Å². The number of fused-ring (bicyclic) bond motifs is 1. The summed E-state index contributed by atoms with van der Waals surface area (Å²) in [5, 5.41) is 3.78. The van der Waals surface area contributed by atoms with Gasteiger partial charge in [0.25, 0.3) is 0 Å². The summed E-state index contributed by atoms with van der Waals surface area (Å²) < 4.78 is 1.42. The fourth-order valence-corrected chi connectivity index (χ4v) is 3.78. The lowest BCUT2D eigenvalue weighted by atomic mass is 9.97. The van der Waals surface area contributed by atoms with Crippen LogP contribution in [0.3, 0.4) is 0 Å². The van der Waals surface area contributed by atoms with Crippen molar-refractivity contribution in [1.82, 2.24) is 0 Å². The van der Waals surface area contributed by atoms with E-state index in [9.17, 15) is 0 Å². The van der Waals surface area contributed by atoms with Crippen LogP contribution >= 0.6 is 11.3 Å². The van der Waals surface area contributed by atoms with Crippen LogP contribution in [0.4, 0.5) is 0 Å². The minimum atomic E-state index is 0.454. The lowest BCUT2D eigenvalue weighted by Crippen LogP contribution is -2.15. The molecule has 0 bridgehead atoms. The van der Waals surface area contributed by atoms with Crippen LogP contribution in [0.25, 0.3) is 10.1 Å². The van der Waals surface area contributed by atoms with Gasteiger partial charge in [0.2, 0.25) is 0 Å². The number of benzene rings is 1. The maximum Gasteiger partial charge on any atom is 0.0345 e. The minimum absolute atomic E-state index is 0.454. The highest BCUT2D eigenvalue weighted by molar-refractivity contribution is 7.17. The molecule has 2 aromatic rings.